The zero-order valence-corrected chi connectivity index (χ0v) is 13.0. The molecule has 0 radical (unpaired) electrons. The Hall–Kier alpha value is -1.50. The summed E-state index contributed by atoms with van der Waals surface area (Å²) < 4.78 is 0. The van der Waals surface area contributed by atoms with E-state index in [-0.39, 0.29) is 18.0 Å². The third-order valence-electron chi connectivity index (χ3n) is 3.62. The average molecular weight is 313 g/mol. The maximum atomic E-state index is 9.99. The van der Waals surface area contributed by atoms with Crippen LogP contribution in [0.4, 0.5) is 5.69 Å². The van der Waals surface area contributed by atoms with E-state index in [0.29, 0.717) is 23.6 Å². The number of amidine groups is 1. The molecule has 1 aromatic rings. The molecule has 1 saturated heterocycles. The molecule has 1 heterocycles. The van der Waals surface area contributed by atoms with Gasteiger partial charge in [-0.2, -0.15) is 0 Å². The Morgan fingerprint density at radius 3 is 2.86 bits per heavy atom. The maximum Gasteiger partial charge on any atom is 0.172 e. The van der Waals surface area contributed by atoms with Gasteiger partial charge in [0.2, 0.25) is 0 Å². The highest BCUT2D eigenvalue weighted by Gasteiger charge is 2.32. The fourth-order valence-electron chi connectivity index (χ4n) is 2.80. The highest BCUT2D eigenvalue weighted by Crippen LogP contribution is 2.31. The molecule has 0 aliphatic carbocycles. The minimum Gasteiger partial charge on any atom is -0.409 e. The summed E-state index contributed by atoms with van der Waals surface area (Å²) in [7, 11) is 3.99. The third-order valence-corrected chi connectivity index (χ3v) is 3.86. The Morgan fingerprint density at radius 1 is 1.52 bits per heavy atom. The van der Waals surface area contributed by atoms with Gasteiger partial charge < -0.3 is 25.8 Å². The Balaban J connectivity index is 2.39. The van der Waals surface area contributed by atoms with Crippen molar-refractivity contribution in [3.05, 3.63) is 28.8 Å². The Labute approximate surface area is 129 Å². The summed E-state index contributed by atoms with van der Waals surface area (Å²) in [5, 5.41) is 22.5. The highest BCUT2D eigenvalue weighted by atomic mass is 35.5. The van der Waals surface area contributed by atoms with Gasteiger partial charge in [0.25, 0.3) is 0 Å². The molecular weight excluding hydrogens is 292 g/mol. The normalized spacial score (nSPS) is 23.1. The molecule has 2 unspecified atom stereocenters. The monoisotopic (exact) mass is 312 g/mol. The largest absolute Gasteiger partial charge is 0.409 e. The van der Waals surface area contributed by atoms with E-state index in [2.05, 4.69) is 15.0 Å². The number of hydrogen-bond acceptors (Lipinski definition) is 5. The average Bonchev–Trinajstić information content (AvgIpc) is 2.77. The van der Waals surface area contributed by atoms with Crippen LogP contribution in [0.5, 0.6) is 0 Å². The predicted molar refractivity (Wildman–Crippen MR) is 84.3 cm³/mol. The van der Waals surface area contributed by atoms with Crippen molar-refractivity contribution in [3.8, 4) is 0 Å². The van der Waals surface area contributed by atoms with Gasteiger partial charge in [-0.1, -0.05) is 16.8 Å². The molecule has 0 amide bonds. The number of β-amino-alcohol motifs (C(OH)–C–C–N with tert-alkyl or cyclic N) is 1. The van der Waals surface area contributed by atoms with Crippen LogP contribution in [0.3, 0.4) is 0 Å². The zero-order valence-electron chi connectivity index (χ0n) is 12.2. The minimum atomic E-state index is -0.384. The molecule has 21 heavy (non-hydrogen) atoms. The smallest absolute Gasteiger partial charge is 0.172 e. The van der Waals surface area contributed by atoms with Crippen molar-refractivity contribution in [2.45, 2.75) is 18.6 Å². The second-order valence-corrected chi connectivity index (χ2v) is 6.04. The van der Waals surface area contributed by atoms with E-state index in [1.807, 2.05) is 20.2 Å². The van der Waals surface area contributed by atoms with E-state index in [0.717, 1.165) is 12.2 Å². The lowest BCUT2D eigenvalue weighted by molar-refractivity contribution is 0.191. The van der Waals surface area contributed by atoms with E-state index >= 15 is 0 Å². The third kappa shape index (κ3) is 3.58. The van der Waals surface area contributed by atoms with Gasteiger partial charge in [0.15, 0.2) is 5.84 Å². The van der Waals surface area contributed by atoms with Crippen LogP contribution in [-0.2, 0) is 0 Å². The van der Waals surface area contributed by atoms with Gasteiger partial charge >= 0.3 is 0 Å². The molecule has 116 valence electrons. The SMILES string of the molecule is CN(C)CC1CC(O)CN1c1ccc(Cl)cc1C(N)=NO. The van der Waals surface area contributed by atoms with Crippen LogP contribution in [0, 0.1) is 0 Å². The lowest BCUT2D eigenvalue weighted by Crippen LogP contribution is -2.38. The Morgan fingerprint density at radius 2 is 2.24 bits per heavy atom. The fraction of sp³-hybridized carbons (Fsp3) is 0.500. The molecule has 6 nitrogen and oxygen atoms in total. The Bertz CT molecular complexity index is 536. The van der Waals surface area contributed by atoms with Crippen molar-refractivity contribution in [2.75, 3.05) is 32.1 Å². The number of hydrogen-bond donors (Lipinski definition) is 3. The number of likely N-dealkylation sites (N-methyl/N-ethyl adjacent to an activating group) is 1. The first-order chi connectivity index (χ1) is 9.92. The molecule has 2 rings (SSSR count). The van der Waals surface area contributed by atoms with Gasteiger partial charge in [0, 0.05) is 35.4 Å². The second-order valence-electron chi connectivity index (χ2n) is 5.60. The summed E-state index contributed by atoms with van der Waals surface area (Å²) in [5.74, 6) is 0.0116. The van der Waals surface area contributed by atoms with Crippen LogP contribution < -0.4 is 10.6 Å². The predicted octanol–water partition coefficient (Wildman–Crippen LogP) is 0.936. The molecule has 0 bridgehead atoms. The Kier molecular flexibility index (Phi) is 4.92. The van der Waals surface area contributed by atoms with Crippen LogP contribution in [0.1, 0.15) is 12.0 Å². The summed E-state index contributed by atoms with van der Waals surface area (Å²) >= 11 is 6.01. The summed E-state index contributed by atoms with van der Waals surface area (Å²) in [5.41, 5.74) is 7.14. The van der Waals surface area contributed by atoms with Crippen LogP contribution in [0.25, 0.3) is 0 Å². The fourth-order valence-corrected chi connectivity index (χ4v) is 2.97. The summed E-state index contributed by atoms with van der Waals surface area (Å²) in [4.78, 5) is 4.17. The molecule has 1 fully saturated rings. The van der Waals surface area contributed by atoms with Crippen LogP contribution in [0.15, 0.2) is 23.4 Å². The van der Waals surface area contributed by atoms with Gasteiger partial charge in [-0.3, -0.25) is 0 Å². The maximum absolute atomic E-state index is 9.99. The van der Waals surface area contributed by atoms with E-state index in [4.69, 9.17) is 22.5 Å². The number of oxime groups is 1. The summed E-state index contributed by atoms with van der Waals surface area (Å²) in [6, 6.07) is 5.45. The number of benzene rings is 1. The van der Waals surface area contributed by atoms with Crippen LogP contribution in [-0.4, -0.2) is 60.4 Å². The number of aliphatic hydroxyl groups is 1. The molecule has 2 atom stereocenters. The lowest BCUT2D eigenvalue weighted by atomic mass is 10.1. The van der Waals surface area contributed by atoms with Crippen molar-refractivity contribution in [1.82, 2.24) is 4.90 Å². The topological polar surface area (TPSA) is 85.3 Å². The van der Waals surface area contributed by atoms with Gasteiger partial charge in [0.05, 0.1) is 6.10 Å². The number of anilines is 1. The van der Waals surface area contributed by atoms with E-state index in [9.17, 15) is 5.11 Å². The van der Waals surface area contributed by atoms with Crippen LogP contribution in [0.2, 0.25) is 5.02 Å². The molecule has 7 heteroatoms. The van der Waals surface area contributed by atoms with Crippen LogP contribution >= 0.6 is 11.6 Å². The molecule has 1 aliphatic rings. The van der Waals surface area contributed by atoms with E-state index in [1.54, 1.807) is 12.1 Å². The highest BCUT2D eigenvalue weighted by molar-refractivity contribution is 6.31. The molecule has 0 spiro atoms. The second kappa shape index (κ2) is 6.51. The quantitative estimate of drug-likeness (QED) is 0.333. The van der Waals surface area contributed by atoms with Gasteiger partial charge in [-0.15, -0.1) is 0 Å². The standard InChI is InChI=1S/C14H21ClN4O2/c1-18(2)7-10-6-11(20)8-19(10)13-4-3-9(15)5-12(13)14(16)17-21/h3-5,10-11,20-21H,6-8H2,1-2H3,(H2,16,17). The van der Waals surface area contributed by atoms with E-state index in [1.165, 1.54) is 0 Å². The molecular formula is C14H21ClN4O2. The van der Waals surface area contributed by atoms with Gasteiger partial charge in [-0.05, 0) is 38.7 Å². The van der Waals surface area contributed by atoms with Gasteiger partial charge in [-0.25, -0.2) is 0 Å². The molecule has 0 saturated carbocycles. The van der Waals surface area contributed by atoms with Crippen molar-refractivity contribution in [1.29, 1.82) is 0 Å². The van der Waals surface area contributed by atoms with Crippen molar-refractivity contribution in [3.63, 3.8) is 0 Å². The van der Waals surface area contributed by atoms with Crippen molar-refractivity contribution >= 4 is 23.1 Å². The number of halogens is 1. The van der Waals surface area contributed by atoms with Crippen molar-refractivity contribution < 1.29 is 10.3 Å². The number of nitrogens with zero attached hydrogens (tertiary/aromatic N) is 3. The number of rotatable bonds is 4. The molecule has 1 aromatic carbocycles. The van der Waals surface area contributed by atoms with Gasteiger partial charge in [0.1, 0.15) is 0 Å². The molecule has 1 aliphatic heterocycles. The minimum absolute atomic E-state index is 0.0116. The zero-order chi connectivity index (χ0) is 15.6. The summed E-state index contributed by atoms with van der Waals surface area (Å²) in [6.07, 6.45) is 0.307. The first kappa shape index (κ1) is 15.9. The lowest BCUT2D eigenvalue weighted by Gasteiger charge is -2.30. The first-order valence-corrected chi connectivity index (χ1v) is 7.17. The molecule has 4 N–H and O–H groups in total. The number of nitrogens with two attached hydrogens (primary N) is 1. The number of aliphatic hydroxyl groups excluding tert-OH is 1. The van der Waals surface area contributed by atoms with E-state index < -0.39 is 0 Å². The first-order valence-electron chi connectivity index (χ1n) is 6.79. The summed E-state index contributed by atoms with van der Waals surface area (Å²) in [6.45, 7) is 1.33. The van der Waals surface area contributed by atoms with Crippen molar-refractivity contribution in [2.24, 2.45) is 10.9 Å². The molecule has 0 aromatic heterocycles.